The van der Waals surface area contributed by atoms with Crippen molar-refractivity contribution in [3.63, 3.8) is 0 Å². The van der Waals surface area contributed by atoms with Crippen LogP contribution in [0.3, 0.4) is 0 Å². The molecule has 0 spiro atoms. The van der Waals surface area contributed by atoms with E-state index in [2.05, 4.69) is 28.5 Å². The van der Waals surface area contributed by atoms with Gasteiger partial charge in [-0.2, -0.15) is 0 Å². The van der Waals surface area contributed by atoms with Gasteiger partial charge < -0.3 is 5.73 Å². The number of hydrogen-bond acceptors (Lipinski definition) is 6. The van der Waals surface area contributed by atoms with E-state index in [1.54, 1.807) is 11.3 Å². The van der Waals surface area contributed by atoms with Gasteiger partial charge >= 0.3 is 5.69 Å². The van der Waals surface area contributed by atoms with Crippen LogP contribution in [0.5, 0.6) is 0 Å². The van der Waals surface area contributed by atoms with Crippen LogP contribution < -0.4 is 17.0 Å². The summed E-state index contributed by atoms with van der Waals surface area (Å²) in [5.41, 5.74) is 8.12. The van der Waals surface area contributed by atoms with E-state index in [-0.39, 0.29) is 36.3 Å². The van der Waals surface area contributed by atoms with Crippen molar-refractivity contribution in [3.05, 3.63) is 120 Å². The molecule has 1 unspecified atom stereocenters. The minimum Gasteiger partial charge on any atom is -0.384 e. The summed E-state index contributed by atoms with van der Waals surface area (Å²) in [6, 6.07) is 21.4. The molecule has 8 heteroatoms. The second kappa shape index (κ2) is 9.48. The van der Waals surface area contributed by atoms with Gasteiger partial charge in [-0.25, -0.2) is 4.79 Å². The molecule has 0 saturated heterocycles. The van der Waals surface area contributed by atoms with Crippen molar-refractivity contribution in [1.29, 1.82) is 0 Å². The van der Waals surface area contributed by atoms with Gasteiger partial charge in [0.2, 0.25) is 0 Å². The lowest BCUT2D eigenvalue weighted by Crippen LogP contribution is -2.45. The molecular formula is C27H26N4O3S. The van der Waals surface area contributed by atoms with Crippen molar-refractivity contribution in [2.75, 3.05) is 18.8 Å². The Bertz CT molecular complexity index is 1490. The van der Waals surface area contributed by atoms with Crippen LogP contribution >= 0.6 is 11.3 Å². The number of aromatic nitrogens is 2. The predicted octanol–water partition coefficient (Wildman–Crippen LogP) is 3.07. The molecule has 0 radical (unpaired) electrons. The molecule has 5 rings (SSSR count). The minimum absolute atomic E-state index is 0.0256. The molecule has 2 aromatic heterocycles. The maximum atomic E-state index is 13.6. The maximum absolute atomic E-state index is 13.6. The fraction of sp³-hybridized carbons (Fsp3) is 0.222. The number of nitrogens with zero attached hydrogens (tertiary/aromatic N) is 3. The molecular weight excluding hydrogens is 460 g/mol. The Kier molecular flexibility index (Phi) is 6.23. The number of nitrogen functional groups attached to an aromatic ring is 1. The zero-order valence-corrected chi connectivity index (χ0v) is 20.2. The number of anilines is 1. The fourth-order valence-electron chi connectivity index (χ4n) is 4.79. The highest BCUT2D eigenvalue weighted by Crippen LogP contribution is 2.37. The molecule has 0 saturated carbocycles. The molecule has 2 aromatic carbocycles. The number of benzene rings is 2. The first-order valence-electron chi connectivity index (χ1n) is 11.5. The normalized spacial score (nSPS) is 15.6. The monoisotopic (exact) mass is 486 g/mol. The highest BCUT2D eigenvalue weighted by Gasteiger charge is 2.32. The first kappa shape index (κ1) is 23.0. The van der Waals surface area contributed by atoms with Crippen LogP contribution in [0.4, 0.5) is 5.82 Å². The average molecular weight is 487 g/mol. The zero-order valence-electron chi connectivity index (χ0n) is 19.4. The Morgan fingerprint density at radius 2 is 1.71 bits per heavy atom. The zero-order chi connectivity index (χ0) is 24.5. The summed E-state index contributed by atoms with van der Waals surface area (Å²) in [6.07, 6.45) is 0.838. The second-order valence-electron chi connectivity index (χ2n) is 8.73. The summed E-state index contributed by atoms with van der Waals surface area (Å²) in [7, 11) is 1.38. The van der Waals surface area contributed by atoms with Crippen LogP contribution in [-0.4, -0.2) is 32.9 Å². The molecule has 7 nitrogen and oxygen atoms in total. The lowest BCUT2D eigenvalue weighted by atomic mass is 9.93. The minimum atomic E-state index is -0.661. The van der Waals surface area contributed by atoms with Crippen LogP contribution in [-0.2, 0) is 20.0 Å². The van der Waals surface area contributed by atoms with Gasteiger partial charge in [0.15, 0.2) is 5.78 Å². The number of Topliss-reactive ketones (excluding diaryl/α,β-unsaturated/α-hetero) is 1. The van der Waals surface area contributed by atoms with Gasteiger partial charge in [-0.15, -0.1) is 11.3 Å². The van der Waals surface area contributed by atoms with Crippen LogP contribution in [0.25, 0.3) is 0 Å². The van der Waals surface area contributed by atoms with Gasteiger partial charge in [0, 0.05) is 18.5 Å². The van der Waals surface area contributed by atoms with E-state index in [9.17, 15) is 14.4 Å². The molecule has 0 fully saturated rings. The number of fused-ring (bicyclic) bond motifs is 1. The third-order valence-corrected chi connectivity index (χ3v) is 7.57. The lowest BCUT2D eigenvalue weighted by Gasteiger charge is -2.35. The number of thiophene rings is 1. The number of ketones is 1. The van der Waals surface area contributed by atoms with Gasteiger partial charge in [-0.1, -0.05) is 60.7 Å². The second-order valence-corrected chi connectivity index (χ2v) is 9.74. The molecule has 1 aliphatic heterocycles. The summed E-state index contributed by atoms with van der Waals surface area (Å²) in [6.45, 7) is 0.884. The molecule has 0 amide bonds. The van der Waals surface area contributed by atoms with E-state index in [4.69, 9.17) is 5.73 Å². The van der Waals surface area contributed by atoms with Crippen molar-refractivity contribution in [3.8, 4) is 0 Å². The summed E-state index contributed by atoms with van der Waals surface area (Å²) in [5.74, 6) is -0.471. The van der Waals surface area contributed by atoms with E-state index in [0.717, 1.165) is 22.1 Å². The summed E-state index contributed by atoms with van der Waals surface area (Å²) in [5, 5.41) is 2.08. The molecule has 0 bridgehead atoms. The number of nitrogens with two attached hydrogens (primary N) is 1. The molecule has 178 valence electrons. The predicted molar refractivity (Wildman–Crippen MR) is 138 cm³/mol. The Morgan fingerprint density at radius 1 is 1.03 bits per heavy atom. The van der Waals surface area contributed by atoms with Crippen LogP contribution in [0.1, 0.15) is 38.0 Å². The SMILES string of the molecule is Cn1c(=O)c(C(=O)CN2CCc3sccc3C2c2ccccc2)c(N)n(Cc2ccccc2)c1=O. The van der Waals surface area contributed by atoms with Crippen molar-refractivity contribution in [1.82, 2.24) is 14.0 Å². The first-order valence-corrected chi connectivity index (χ1v) is 12.4. The molecule has 1 aliphatic rings. The molecule has 2 N–H and O–H groups in total. The Morgan fingerprint density at radius 3 is 2.43 bits per heavy atom. The summed E-state index contributed by atoms with van der Waals surface area (Å²) in [4.78, 5) is 42.9. The largest absolute Gasteiger partial charge is 0.384 e. The van der Waals surface area contributed by atoms with Crippen LogP contribution in [0.2, 0.25) is 0 Å². The number of carbonyl (C=O) groups is 1. The quantitative estimate of drug-likeness (QED) is 0.423. The molecule has 3 heterocycles. The van der Waals surface area contributed by atoms with E-state index in [1.165, 1.54) is 22.1 Å². The topological polar surface area (TPSA) is 90.3 Å². The van der Waals surface area contributed by atoms with E-state index in [1.807, 2.05) is 48.5 Å². The number of hydrogen-bond donors (Lipinski definition) is 1. The average Bonchev–Trinajstić information content (AvgIpc) is 3.35. The van der Waals surface area contributed by atoms with Gasteiger partial charge in [0.1, 0.15) is 11.4 Å². The van der Waals surface area contributed by atoms with Crippen molar-refractivity contribution in [2.45, 2.75) is 19.0 Å². The van der Waals surface area contributed by atoms with Crippen LogP contribution in [0.15, 0.2) is 81.7 Å². The fourth-order valence-corrected chi connectivity index (χ4v) is 5.70. The van der Waals surface area contributed by atoms with Gasteiger partial charge in [-0.05, 0) is 34.6 Å². The van der Waals surface area contributed by atoms with E-state index < -0.39 is 11.2 Å². The highest BCUT2D eigenvalue weighted by atomic mass is 32.1. The Labute approximate surface area is 206 Å². The van der Waals surface area contributed by atoms with Crippen molar-refractivity contribution >= 4 is 22.9 Å². The Hall–Kier alpha value is -3.75. The Balaban J connectivity index is 1.52. The van der Waals surface area contributed by atoms with Gasteiger partial charge in [0.05, 0.1) is 19.1 Å². The smallest absolute Gasteiger partial charge is 0.332 e. The maximum Gasteiger partial charge on any atom is 0.332 e. The standard InChI is InChI=1S/C27H26N4O3S/c1-29-26(33)23(25(28)31(27(29)34)16-18-8-4-2-5-9-18)21(32)17-30-14-12-22-20(13-15-35-22)24(30)19-10-6-3-7-11-19/h2-11,13,15,24H,12,14,16-17,28H2,1H3. The van der Waals surface area contributed by atoms with E-state index >= 15 is 0 Å². The lowest BCUT2D eigenvalue weighted by molar-refractivity contribution is 0.0899. The molecule has 4 aromatic rings. The van der Waals surface area contributed by atoms with Gasteiger partial charge in [0.25, 0.3) is 5.56 Å². The van der Waals surface area contributed by atoms with Crippen LogP contribution in [0, 0.1) is 0 Å². The summed E-state index contributed by atoms with van der Waals surface area (Å²) < 4.78 is 2.26. The first-order chi connectivity index (χ1) is 17.0. The third kappa shape index (κ3) is 4.26. The number of rotatable bonds is 6. The van der Waals surface area contributed by atoms with Crippen molar-refractivity contribution in [2.24, 2.45) is 7.05 Å². The van der Waals surface area contributed by atoms with Gasteiger partial charge in [-0.3, -0.25) is 23.6 Å². The van der Waals surface area contributed by atoms with E-state index in [0.29, 0.717) is 6.54 Å². The molecule has 35 heavy (non-hydrogen) atoms. The van der Waals surface area contributed by atoms with Crippen molar-refractivity contribution < 1.29 is 4.79 Å². The third-order valence-electron chi connectivity index (χ3n) is 6.57. The summed E-state index contributed by atoms with van der Waals surface area (Å²) >= 11 is 1.73. The number of carbonyl (C=O) groups excluding carboxylic acids is 1. The molecule has 0 aliphatic carbocycles. The highest BCUT2D eigenvalue weighted by molar-refractivity contribution is 7.10. The molecule has 1 atom stereocenters.